The van der Waals surface area contributed by atoms with Crippen LogP contribution in [0.5, 0.6) is 0 Å². The van der Waals surface area contributed by atoms with Gasteiger partial charge in [-0.2, -0.15) is 0 Å². The molecule has 1 heterocycles. The van der Waals surface area contributed by atoms with Gasteiger partial charge in [0.25, 0.3) is 0 Å². The van der Waals surface area contributed by atoms with Gasteiger partial charge >= 0.3 is 0 Å². The standard InChI is InChI=1S/C18H24N2/c1-13-7-8-18(14(2)9-13)20-12-16-11-19-10-15-5-3-4-6-17(15)16/h3-6,10-11,13-14,18,20H,7-9,12H2,1-2H3. The minimum atomic E-state index is 0.658. The average Bonchev–Trinajstić information content (AvgIpc) is 2.46. The summed E-state index contributed by atoms with van der Waals surface area (Å²) in [5, 5.41) is 6.32. The maximum absolute atomic E-state index is 4.37. The van der Waals surface area contributed by atoms with Gasteiger partial charge in [0.2, 0.25) is 0 Å². The Hall–Kier alpha value is -1.41. The van der Waals surface area contributed by atoms with Crippen LogP contribution < -0.4 is 5.32 Å². The maximum Gasteiger partial charge on any atom is 0.0346 e. The number of aromatic nitrogens is 1. The first kappa shape index (κ1) is 13.6. The number of hydrogen-bond donors (Lipinski definition) is 1. The smallest absolute Gasteiger partial charge is 0.0346 e. The van der Waals surface area contributed by atoms with E-state index in [-0.39, 0.29) is 0 Å². The molecule has 0 saturated heterocycles. The molecule has 3 rings (SSSR count). The van der Waals surface area contributed by atoms with Crippen LogP contribution in [0.4, 0.5) is 0 Å². The molecule has 1 fully saturated rings. The fourth-order valence-electron chi connectivity index (χ4n) is 3.53. The Morgan fingerprint density at radius 3 is 2.85 bits per heavy atom. The number of nitrogens with zero attached hydrogens (tertiary/aromatic N) is 1. The topological polar surface area (TPSA) is 24.9 Å². The normalized spacial score (nSPS) is 26.8. The molecule has 20 heavy (non-hydrogen) atoms. The molecule has 1 aromatic heterocycles. The van der Waals surface area contributed by atoms with E-state index in [9.17, 15) is 0 Å². The highest BCUT2D eigenvalue weighted by Crippen LogP contribution is 2.29. The minimum Gasteiger partial charge on any atom is -0.310 e. The molecule has 2 aromatic rings. The summed E-state index contributed by atoms with van der Waals surface area (Å²) < 4.78 is 0. The van der Waals surface area contributed by atoms with E-state index in [4.69, 9.17) is 0 Å². The van der Waals surface area contributed by atoms with E-state index in [1.54, 1.807) is 0 Å². The first-order chi connectivity index (χ1) is 9.74. The van der Waals surface area contributed by atoms with E-state index in [1.165, 1.54) is 35.6 Å². The predicted molar refractivity (Wildman–Crippen MR) is 84.5 cm³/mol. The second kappa shape index (κ2) is 5.92. The van der Waals surface area contributed by atoms with Crippen molar-refractivity contribution >= 4 is 10.8 Å². The molecule has 1 aromatic carbocycles. The van der Waals surface area contributed by atoms with E-state index in [0.717, 1.165) is 18.4 Å². The van der Waals surface area contributed by atoms with E-state index in [0.29, 0.717) is 6.04 Å². The van der Waals surface area contributed by atoms with E-state index in [1.807, 2.05) is 12.4 Å². The Morgan fingerprint density at radius 2 is 2.00 bits per heavy atom. The van der Waals surface area contributed by atoms with Crippen molar-refractivity contribution in [1.29, 1.82) is 0 Å². The Bertz CT molecular complexity index is 573. The van der Waals surface area contributed by atoms with Crippen LogP contribution in [0.2, 0.25) is 0 Å². The molecule has 0 bridgehead atoms. The molecule has 3 atom stereocenters. The molecule has 1 aliphatic carbocycles. The molecule has 1 N–H and O–H groups in total. The van der Waals surface area contributed by atoms with Gasteiger partial charge < -0.3 is 5.32 Å². The number of hydrogen-bond acceptors (Lipinski definition) is 2. The molecule has 0 amide bonds. The third-order valence-electron chi connectivity index (χ3n) is 4.74. The average molecular weight is 268 g/mol. The van der Waals surface area contributed by atoms with Crippen LogP contribution in [-0.4, -0.2) is 11.0 Å². The Kier molecular flexibility index (Phi) is 4.02. The Balaban J connectivity index is 1.71. The largest absolute Gasteiger partial charge is 0.310 e. The second-order valence-electron chi connectivity index (χ2n) is 6.40. The lowest BCUT2D eigenvalue weighted by atomic mass is 9.80. The van der Waals surface area contributed by atoms with Gasteiger partial charge in [0, 0.05) is 30.4 Å². The number of fused-ring (bicyclic) bond motifs is 1. The molecule has 0 radical (unpaired) electrons. The van der Waals surface area contributed by atoms with Gasteiger partial charge in [-0.1, -0.05) is 38.1 Å². The molecular formula is C18H24N2. The van der Waals surface area contributed by atoms with Crippen LogP contribution in [0.15, 0.2) is 36.7 Å². The van der Waals surface area contributed by atoms with Crippen molar-refractivity contribution in [2.24, 2.45) is 11.8 Å². The summed E-state index contributed by atoms with van der Waals surface area (Å²) in [5.41, 5.74) is 1.31. The lowest BCUT2D eigenvalue weighted by Gasteiger charge is -2.33. The molecular weight excluding hydrogens is 244 g/mol. The zero-order valence-corrected chi connectivity index (χ0v) is 12.5. The van der Waals surface area contributed by atoms with Crippen molar-refractivity contribution < 1.29 is 0 Å². The summed E-state index contributed by atoms with van der Waals surface area (Å²) in [4.78, 5) is 4.37. The highest BCUT2D eigenvalue weighted by atomic mass is 14.9. The van der Waals surface area contributed by atoms with Gasteiger partial charge in [0.15, 0.2) is 0 Å². The summed E-state index contributed by atoms with van der Waals surface area (Å²) in [6.07, 6.45) is 7.97. The van der Waals surface area contributed by atoms with Crippen molar-refractivity contribution in [3.05, 3.63) is 42.2 Å². The fraction of sp³-hybridized carbons (Fsp3) is 0.500. The highest BCUT2D eigenvalue weighted by Gasteiger charge is 2.24. The predicted octanol–water partition coefficient (Wildman–Crippen LogP) is 4.15. The van der Waals surface area contributed by atoms with E-state index < -0.39 is 0 Å². The van der Waals surface area contributed by atoms with Crippen LogP contribution in [0.1, 0.15) is 38.7 Å². The van der Waals surface area contributed by atoms with Crippen LogP contribution >= 0.6 is 0 Å². The summed E-state index contributed by atoms with van der Waals surface area (Å²) >= 11 is 0. The molecule has 2 nitrogen and oxygen atoms in total. The van der Waals surface area contributed by atoms with Gasteiger partial charge in [0.1, 0.15) is 0 Å². The van der Waals surface area contributed by atoms with E-state index in [2.05, 4.69) is 48.4 Å². The number of nitrogens with one attached hydrogen (secondary N) is 1. The third kappa shape index (κ3) is 2.85. The number of benzene rings is 1. The van der Waals surface area contributed by atoms with Crippen molar-refractivity contribution in [2.75, 3.05) is 0 Å². The lowest BCUT2D eigenvalue weighted by Crippen LogP contribution is -2.38. The van der Waals surface area contributed by atoms with Crippen molar-refractivity contribution in [2.45, 2.75) is 45.7 Å². The molecule has 106 valence electrons. The number of pyridine rings is 1. The zero-order valence-electron chi connectivity index (χ0n) is 12.5. The zero-order chi connectivity index (χ0) is 13.9. The summed E-state index contributed by atoms with van der Waals surface area (Å²) in [5.74, 6) is 1.67. The SMILES string of the molecule is CC1CCC(NCc2cncc3ccccc23)C(C)C1. The van der Waals surface area contributed by atoms with Gasteiger partial charge in [-0.3, -0.25) is 4.98 Å². The van der Waals surface area contributed by atoms with E-state index >= 15 is 0 Å². The molecule has 0 spiro atoms. The maximum atomic E-state index is 4.37. The molecule has 0 aliphatic heterocycles. The quantitative estimate of drug-likeness (QED) is 0.904. The molecule has 2 heteroatoms. The van der Waals surface area contributed by atoms with Crippen molar-refractivity contribution in [1.82, 2.24) is 10.3 Å². The first-order valence-corrected chi connectivity index (χ1v) is 7.79. The van der Waals surface area contributed by atoms with Crippen LogP contribution in [0.25, 0.3) is 10.8 Å². The molecule has 1 aliphatic rings. The number of rotatable bonds is 3. The first-order valence-electron chi connectivity index (χ1n) is 7.79. The monoisotopic (exact) mass is 268 g/mol. The summed E-state index contributed by atoms with van der Waals surface area (Å²) in [6, 6.07) is 9.17. The third-order valence-corrected chi connectivity index (χ3v) is 4.74. The van der Waals surface area contributed by atoms with Gasteiger partial charge in [-0.05, 0) is 42.0 Å². The molecule has 3 unspecified atom stereocenters. The summed E-state index contributed by atoms with van der Waals surface area (Å²) in [6.45, 7) is 5.69. The minimum absolute atomic E-state index is 0.658. The highest BCUT2D eigenvalue weighted by molar-refractivity contribution is 5.84. The van der Waals surface area contributed by atoms with Crippen LogP contribution in [0, 0.1) is 11.8 Å². The van der Waals surface area contributed by atoms with Crippen molar-refractivity contribution in [3.8, 4) is 0 Å². The Labute approximate surface area is 121 Å². The van der Waals surface area contributed by atoms with Gasteiger partial charge in [-0.15, -0.1) is 0 Å². The Morgan fingerprint density at radius 1 is 1.15 bits per heavy atom. The lowest BCUT2D eigenvalue weighted by molar-refractivity contribution is 0.227. The van der Waals surface area contributed by atoms with Crippen LogP contribution in [0.3, 0.4) is 0 Å². The van der Waals surface area contributed by atoms with Gasteiger partial charge in [-0.25, -0.2) is 0 Å². The van der Waals surface area contributed by atoms with Gasteiger partial charge in [0.05, 0.1) is 0 Å². The van der Waals surface area contributed by atoms with Crippen LogP contribution in [-0.2, 0) is 6.54 Å². The van der Waals surface area contributed by atoms with Crippen molar-refractivity contribution in [3.63, 3.8) is 0 Å². The second-order valence-corrected chi connectivity index (χ2v) is 6.40. The summed E-state index contributed by atoms with van der Waals surface area (Å²) in [7, 11) is 0. The molecule has 1 saturated carbocycles. The fourth-order valence-corrected chi connectivity index (χ4v) is 3.53.